The minimum Gasteiger partial charge on any atom is -0.315 e. The van der Waals surface area contributed by atoms with Crippen LogP contribution in [0, 0.1) is 12.5 Å². The van der Waals surface area contributed by atoms with E-state index >= 15 is 0 Å². The van der Waals surface area contributed by atoms with Gasteiger partial charge < -0.3 is 10.1 Å². The summed E-state index contributed by atoms with van der Waals surface area (Å²) in [6.45, 7) is 0. The van der Waals surface area contributed by atoms with Gasteiger partial charge >= 0.3 is 0 Å². The minimum absolute atomic E-state index is 0.555. The van der Waals surface area contributed by atoms with Crippen LogP contribution in [0.2, 0.25) is 0 Å². The van der Waals surface area contributed by atoms with Crippen molar-refractivity contribution in [1.29, 1.82) is 0 Å². The van der Waals surface area contributed by atoms with Gasteiger partial charge in [0, 0.05) is 18.2 Å². The van der Waals surface area contributed by atoms with Gasteiger partial charge in [0.2, 0.25) is 0 Å². The summed E-state index contributed by atoms with van der Waals surface area (Å²) in [6.07, 6.45) is 7.33. The Labute approximate surface area is 78.0 Å². The van der Waals surface area contributed by atoms with Crippen LogP contribution >= 0.6 is 0 Å². The molecule has 1 N–H and O–H groups in total. The molecule has 0 radical (unpaired) electrons. The van der Waals surface area contributed by atoms with Crippen LogP contribution in [-0.4, -0.2) is 6.29 Å². The van der Waals surface area contributed by atoms with E-state index in [1.807, 2.05) is 24.3 Å². The average molecular weight is 173 g/mol. The number of rotatable bonds is 4. The molecule has 0 unspecified atom stereocenters. The van der Waals surface area contributed by atoms with E-state index in [-0.39, 0.29) is 0 Å². The first-order valence-corrected chi connectivity index (χ1v) is 4.11. The highest BCUT2D eigenvalue weighted by Gasteiger charge is 1.93. The van der Waals surface area contributed by atoms with Crippen LogP contribution in [-0.2, 0) is 11.2 Å². The molecule has 0 bridgehead atoms. The zero-order valence-electron chi connectivity index (χ0n) is 7.29. The minimum atomic E-state index is 0.555. The molecule has 0 heterocycles. The molecule has 0 aliphatic carbocycles. The lowest BCUT2D eigenvalue weighted by atomic mass is 10.1. The predicted octanol–water partition coefficient (Wildman–Crippen LogP) is 1.82. The Balaban J connectivity index is 2.68. The number of nitrogens with one attached hydrogen (secondary N) is 1. The zero-order chi connectivity index (χ0) is 9.52. The molecule has 0 fully saturated rings. The van der Waals surface area contributed by atoms with Crippen LogP contribution in [0.4, 0.5) is 5.69 Å². The molecule has 1 aromatic rings. The molecule has 0 saturated carbocycles. The lowest BCUT2D eigenvalue weighted by Gasteiger charge is -2.01. The molecular formula is C11H11NO. The number of carbonyl (C=O) groups excluding carboxylic acids is 1. The average Bonchev–Trinajstić information content (AvgIpc) is 2.16. The fourth-order valence-electron chi connectivity index (χ4n) is 1.11. The highest BCUT2D eigenvalue weighted by atomic mass is 16.1. The molecule has 0 aliphatic heterocycles. The van der Waals surface area contributed by atoms with Gasteiger partial charge in [0.25, 0.3) is 0 Å². The van der Waals surface area contributed by atoms with Crippen LogP contribution in [0.3, 0.4) is 0 Å². The Morgan fingerprint density at radius 2 is 2.38 bits per heavy atom. The van der Waals surface area contributed by atoms with Crippen molar-refractivity contribution in [2.24, 2.45) is 0 Å². The molecule has 0 amide bonds. The third-order valence-electron chi connectivity index (χ3n) is 1.69. The van der Waals surface area contributed by atoms with E-state index in [9.17, 15) is 4.79 Å². The predicted molar refractivity (Wildman–Crippen MR) is 53.3 cm³/mol. The smallest absolute Gasteiger partial charge is 0.120 e. The van der Waals surface area contributed by atoms with Crippen molar-refractivity contribution in [2.75, 3.05) is 5.32 Å². The third-order valence-corrected chi connectivity index (χ3v) is 1.69. The van der Waals surface area contributed by atoms with E-state index in [2.05, 4.69) is 11.4 Å². The molecule has 66 valence electrons. The summed E-state index contributed by atoms with van der Waals surface area (Å²) in [5, 5.41) is 2.76. The van der Waals surface area contributed by atoms with Crippen molar-refractivity contribution >= 4 is 12.0 Å². The largest absolute Gasteiger partial charge is 0.315 e. The van der Waals surface area contributed by atoms with E-state index < -0.39 is 0 Å². The molecule has 1 rings (SSSR count). The SMILES string of the molecule is C#CNc1cccc(CCC=O)c1. The first kappa shape index (κ1) is 9.34. The summed E-state index contributed by atoms with van der Waals surface area (Å²) in [5.74, 6) is 0. The van der Waals surface area contributed by atoms with Crippen LogP contribution in [0.5, 0.6) is 0 Å². The third kappa shape index (κ3) is 3.00. The molecule has 0 aliphatic rings. The van der Waals surface area contributed by atoms with Gasteiger partial charge in [0.15, 0.2) is 0 Å². The van der Waals surface area contributed by atoms with Gasteiger partial charge in [-0.05, 0) is 24.1 Å². The molecule has 1 aromatic carbocycles. The summed E-state index contributed by atoms with van der Waals surface area (Å²) >= 11 is 0. The van der Waals surface area contributed by atoms with Gasteiger partial charge in [-0.15, -0.1) is 0 Å². The molecule has 2 nitrogen and oxygen atoms in total. The lowest BCUT2D eigenvalue weighted by molar-refractivity contribution is -0.107. The quantitative estimate of drug-likeness (QED) is 0.427. The molecular weight excluding hydrogens is 162 g/mol. The van der Waals surface area contributed by atoms with Gasteiger partial charge in [-0.3, -0.25) is 0 Å². The summed E-state index contributed by atoms with van der Waals surface area (Å²) in [4.78, 5) is 10.1. The summed E-state index contributed by atoms with van der Waals surface area (Å²) in [5.41, 5.74) is 2.01. The van der Waals surface area contributed by atoms with E-state index in [0.717, 1.165) is 24.0 Å². The molecule has 0 aromatic heterocycles. The van der Waals surface area contributed by atoms with Gasteiger partial charge in [0.05, 0.1) is 0 Å². The highest BCUT2D eigenvalue weighted by molar-refractivity contribution is 5.52. The van der Waals surface area contributed by atoms with Crippen molar-refractivity contribution in [2.45, 2.75) is 12.8 Å². The lowest BCUT2D eigenvalue weighted by Crippen LogP contribution is -1.90. The van der Waals surface area contributed by atoms with Crippen LogP contribution in [0.25, 0.3) is 0 Å². The van der Waals surface area contributed by atoms with Crippen molar-refractivity contribution in [3.8, 4) is 12.5 Å². The van der Waals surface area contributed by atoms with Gasteiger partial charge in [-0.1, -0.05) is 18.6 Å². The van der Waals surface area contributed by atoms with Crippen molar-refractivity contribution in [3.63, 3.8) is 0 Å². The van der Waals surface area contributed by atoms with Crippen LogP contribution in [0.1, 0.15) is 12.0 Å². The number of aldehydes is 1. The molecule has 2 heteroatoms. The van der Waals surface area contributed by atoms with Crippen LogP contribution < -0.4 is 5.32 Å². The topological polar surface area (TPSA) is 29.1 Å². The Morgan fingerprint density at radius 1 is 1.54 bits per heavy atom. The monoisotopic (exact) mass is 173 g/mol. The first-order valence-electron chi connectivity index (χ1n) is 4.11. The van der Waals surface area contributed by atoms with E-state index in [4.69, 9.17) is 6.42 Å². The second-order valence-corrected chi connectivity index (χ2v) is 2.68. The van der Waals surface area contributed by atoms with E-state index in [1.54, 1.807) is 0 Å². The molecule has 0 spiro atoms. The number of benzene rings is 1. The van der Waals surface area contributed by atoms with Gasteiger partial charge in [-0.25, -0.2) is 0 Å². The second-order valence-electron chi connectivity index (χ2n) is 2.68. The Hall–Kier alpha value is -1.75. The number of anilines is 1. The van der Waals surface area contributed by atoms with Gasteiger partial charge in [-0.2, -0.15) is 0 Å². The van der Waals surface area contributed by atoms with Crippen molar-refractivity contribution < 1.29 is 4.79 Å². The van der Waals surface area contributed by atoms with E-state index in [0.29, 0.717) is 6.42 Å². The number of carbonyl (C=O) groups is 1. The van der Waals surface area contributed by atoms with Gasteiger partial charge in [0.1, 0.15) is 6.29 Å². The van der Waals surface area contributed by atoms with E-state index in [1.165, 1.54) is 0 Å². The summed E-state index contributed by atoms with van der Waals surface area (Å²) in [7, 11) is 0. The highest BCUT2D eigenvalue weighted by Crippen LogP contribution is 2.11. The number of aryl methyl sites for hydroxylation is 1. The maximum atomic E-state index is 10.1. The molecule has 13 heavy (non-hydrogen) atoms. The number of terminal acetylenes is 1. The molecule has 0 saturated heterocycles. The fraction of sp³-hybridized carbons (Fsp3) is 0.182. The Kier molecular flexibility index (Phi) is 3.59. The molecule has 0 atom stereocenters. The second kappa shape index (κ2) is 5.00. The summed E-state index contributed by atoms with van der Waals surface area (Å²) in [6, 6.07) is 10.1. The fourth-order valence-corrected chi connectivity index (χ4v) is 1.11. The normalized spacial score (nSPS) is 8.85. The van der Waals surface area contributed by atoms with Crippen molar-refractivity contribution in [3.05, 3.63) is 29.8 Å². The number of hydrogen-bond donors (Lipinski definition) is 1. The maximum absolute atomic E-state index is 10.1. The Morgan fingerprint density at radius 3 is 3.08 bits per heavy atom. The standard InChI is InChI=1S/C11H11NO/c1-2-12-11-7-3-5-10(9-11)6-4-8-13/h1,3,5,7-9,12H,4,6H2. The summed E-state index contributed by atoms with van der Waals surface area (Å²) < 4.78 is 0. The Bertz CT molecular complexity index is 325. The van der Waals surface area contributed by atoms with Crippen LogP contribution in [0.15, 0.2) is 24.3 Å². The zero-order valence-corrected chi connectivity index (χ0v) is 7.29. The number of hydrogen-bond acceptors (Lipinski definition) is 2. The van der Waals surface area contributed by atoms with Crippen molar-refractivity contribution in [1.82, 2.24) is 0 Å². The maximum Gasteiger partial charge on any atom is 0.120 e. The first-order chi connectivity index (χ1) is 6.36.